The summed E-state index contributed by atoms with van der Waals surface area (Å²) in [5.74, 6) is -0.538. The molecule has 27 heavy (non-hydrogen) atoms. The van der Waals surface area contributed by atoms with Crippen molar-refractivity contribution in [3.63, 3.8) is 0 Å². The SMILES string of the molecule is Cc1ccccc1C(=O)N(/C=C/C(F)(F)F)c1ccc2oc(CO)nc2c1. The Hall–Kier alpha value is -3.13. The largest absolute Gasteiger partial charge is 0.438 e. The number of hydrogen-bond donors (Lipinski definition) is 1. The molecule has 0 bridgehead atoms. The Bertz CT molecular complexity index is 1010. The smallest absolute Gasteiger partial charge is 0.411 e. The molecule has 3 rings (SSSR count). The lowest BCUT2D eigenvalue weighted by Crippen LogP contribution is -2.26. The lowest BCUT2D eigenvalue weighted by Gasteiger charge is -2.20. The van der Waals surface area contributed by atoms with E-state index in [4.69, 9.17) is 9.52 Å². The monoisotopic (exact) mass is 376 g/mol. The van der Waals surface area contributed by atoms with Crippen molar-refractivity contribution in [2.45, 2.75) is 19.7 Å². The first-order valence-corrected chi connectivity index (χ1v) is 7.94. The van der Waals surface area contributed by atoms with Crippen LogP contribution in [0.15, 0.2) is 59.2 Å². The van der Waals surface area contributed by atoms with Crippen molar-refractivity contribution in [1.29, 1.82) is 0 Å². The molecule has 0 aliphatic heterocycles. The maximum atomic E-state index is 12.9. The molecule has 0 aliphatic carbocycles. The number of aromatic nitrogens is 1. The summed E-state index contributed by atoms with van der Waals surface area (Å²) in [6.45, 7) is 1.29. The second-order valence-corrected chi connectivity index (χ2v) is 5.77. The van der Waals surface area contributed by atoms with Crippen LogP contribution in [0.1, 0.15) is 21.8 Å². The van der Waals surface area contributed by atoms with Gasteiger partial charge in [0.05, 0.1) is 5.69 Å². The molecule has 8 heteroatoms. The minimum absolute atomic E-state index is 0.00464. The minimum Gasteiger partial charge on any atom is -0.438 e. The predicted molar refractivity (Wildman–Crippen MR) is 93.1 cm³/mol. The molecule has 0 saturated heterocycles. The van der Waals surface area contributed by atoms with Crippen LogP contribution in [0.5, 0.6) is 0 Å². The van der Waals surface area contributed by atoms with Crippen molar-refractivity contribution < 1.29 is 27.5 Å². The average molecular weight is 376 g/mol. The van der Waals surface area contributed by atoms with E-state index in [1.54, 1.807) is 31.2 Å². The Kier molecular flexibility index (Phi) is 5.00. The highest BCUT2D eigenvalue weighted by Crippen LogP contribution is 2.26. The van der Waals surface area contributed by atoms with Gasteiger partial charge in [-0.05, 0) is 36.8 Å². The molecule has 3 aromatic rings. The number of nitrogens with zero attached hydrogens (tertiary/aromatic N) is 2. The zero-order chi connectivity index (χ0) is 19.6. The number of fused-ring (bicyclic) bond motifs is 1. The van der Waals surface area contributed by atoms with E-state index in [0.717, 1.165) is 4.90 Å². The van der Waals surface area contributed by atoms with Crippen LogP contribution in [0.25, 0.3) is 11.1 Å². The molecule has 1 aromatic heterocycles. The fourth-order valence-corrected chi connectivity index (χ4v) is 2.55. The summed E-state index contributed by atoms with van der Waals surface area (Å²) in [6.07, 6.45) is -3.90. The van der Waals surface area contributed by atoms with Gasteiger partial charge in [0.1, 0.15) is 12.1 Å². The van der Waals surface area contributed by atoms with Crippen molar-refractivity contribution in [2.24, 2.45) is 0 Å². The summed E-state index contributed by atoms with van der Waals surface area (Å²) in [7, 11) is 0. The van der Waals surface area contributed by atoms with Gasteiger partial charge in [0, 0.05) is 17.8 Å². The fraction of sp³-hybridized carbons (Fsp3) is 0.158. The summed E-state index contributed by atoms with van der Waals surface area (Å²) < 4.78 is 43.4. The molecule has 2 aromatic carbocycles. The number of anilines is 1. The van der Waals surface area contributed by atoms with Crippen LogP contribution in [0, 0.1) is 6.92 Å². The third-order valence-corrected chi connectivity index (χ3v) is 3.84. The van der Waals surface area contributed by atoms with E-state index in [2.05, 4.69) is 4.98 Å². The molecule has 5 nitrogen and oxygen atoms in total. The molecule has 1 N–H and O–H groups in total. The number of allylic oxidation sites excluding steroid dienone is 1. The number of aliphatic hydroxyl groups excluding tert-OH is 1. The lowest BCUT2D eigenvalue weighted by atomic mass is 10.1. The highest BCUT2D eigenvalue weighted by Gasteiger charge is 2.25. The van der Waals surface area contributed by atoms with E-state index in [0.29, 0.717) is 22.9 Å². The van der Waals surface area contributed by atoms with Gasteiger partial charge in [0.15, 0.2) is 5.58 Å². The summed E-state index contributed by atoms with van der Waals surface area (Å²) in [5, 5.41) is 9.10. The van der Waals surface area contributed by atoms with Crippen molar-refractivity contribution in [2.75, 3.05) is 4.90 Å². The second-order valence-electron chi connectivity index (χ2n) is 5.77. The molecule has 0 atom stereocenters. The molecule has 0 saturated carbocycles. The first-order valence-electron chi connectivity index (χ1n) is 7.94. The van der Waals surface area contributed by atoms with Gasteiger partial charge in [-0.1, -0.05) is 18.2 Å². The molecule has 0 unspecified atom stereocenters. The third kappa shape index (κ3) is 4.17. The standard InChI is InChI=1S/C19H15F3N2O3/c1-12-4-2-3-5-14(12)18(26)24(9-8-19(20,21)22)13-6-7-16-15(10-13)23-17(11-25)27-16/h2-10,25H,11H2,1H3/b9-8+. The number of oxazole rings is 1. The molecule has 1 amide bonds. The van der Waals surface area contributed by atoms with Crippen LogP contribution in [-0.2, 0) is 6.61 Å². The fourth-order valence-electron chi connectivity index (χ4n) is 2.55. The maximum absolute atomic E-state index is 12.9. The predicted octanol–water partition coefficient (Wildman–Crippen LogP) is 4.35. The Morgan fingerprint density at radius 1 is 1.26 bits per heavy atom. The van der Waals surface area contributed by atoms with Crippen LogP contribution in [0.4, 0.5) is 18.9 Å². The van der Waals surface area contributed by atoms with Gasteiger partial charge >= 0.3 is 6.18 Å². The molecule has 1 heterocycles. The van der Waals surface area contributed by atoms with Crippen molar-refractivity contribution >= 4 is 22.7 Å². The van der Waals surface area contributed by atoms with Crippen molar-refractivity contribution in [3.05, 3.63) is 71.8 Å². The van der Waals surface area contributed by atoms with E-state index in [1.165, 1.54) is 18.2 Å². The molecule has 0 spiro atoms. The molecule has 0 radical (unpaired) electrons. The van der Waals surface area contributed by atoms with Crippen LogP contribution in [-0.4, -0.2) is 22.2 Å². The van der Waals surface area contributed by atoms with Gasteiger partial charge in [0.2, 0.25) is 5.89 Å². The van der Waals surface area contributed by atoms with Gasteiger partial charge in [-0.15, -0.1) is 0 Å². The minimum atomic E-state index is -4.58. The number of benzene rings is 2. The normalized spacial score (nSPS) is 12.0. The van der Waals surface area contributed by atoms with Gasteiger partial charge < -0.3 is 9.52 Å². The summed E-state index contributed by atoms with van der Waals surface area (Å²) >= 11 is 0. The maximum Gasteiger partial charge on any atom is 0.411 e. The molecule has 0 fully saturated rings. The van der Waals surface area contributed by atoms with Gasteiger partial charge in [-0.3, -0.25) is 9.69 Å². The topological polar surface area (TPSA) is 66.6 Å². The van der Waals surface area contributed by atoms with E-state index < -0.39 is 18.7 Å². The van der Waals surface area contributed by atoms with E-state index in [-0.39, 0.29) is 23.2 Å². The summed E-state index contributed by atoms with van der Waals surface area (Å²) in [5.41, 5.74) is 1.78. The highest BCUT2D eigenvalue weighted by molar-refractivity contribution is 6.08. The number of rotatable bonds is 4. The average Bonchev–Trinajstić information content (AvgIpc) is 3.03. The van der Waals surface area contributed by atoms with Crippen LogP contribution in [0.2, 0.25) is 0 Å². The first kappa shape index (κ1) is 18.7. The second kappa shape index (κ2) is 7.24. The number of carbonyl (C=O) groups excluding carboxylic acids is 1. The Labute approximate surface area is 152 Å². The third-order valence-electron chi connectivity index (χ3n) is 3.84. The van der Waals surface area contributed by atoms with Crippen LogP contribution >= 0.6 is 0 Å². The van der Waals surface area contributed by atoms with E-state index >= 15 is 0 Å². The number of amides is 1. The van der Waals surface area contributed by atoms with Crippen molar-refractivity contribution in [1.82, 2.24) is 4.98 Å². The molecule has 140 valence electrons. The first-order chi connectivity index (χ1) is 12.8. The number of carbonyl (C=O) groups is 1. The Morgan fingerprint density at radius 2 is 2.00 bits per heavy atom. The van der Waals surface area contributed by atoms with Crippen molar-refractivity contribution in [3.8, 4) is 0 Å². The molecular weight excluding hydrogens is 361 g/mol. The number of aliphatic hydroxyl groups is 1. The lowest BCUT2D eigenvalue weighted by molar-refractivity contribution is -0.0799. The quantitative estimate of drug-likeness (QED) is 0.735. The summed E-state index contributed by atoms with van der Waals surface area (Å²) in [4.78, 5) is 17.8. The van der Waals surface area contributed by atoms with Gasteiger partial charge in [-0.25, -0.2) is 4.98 Å². The number of alkyl halides is 3. The highest BCUT2D eigenvalue weighted by atomic mass is 19.4. The Balaban J connectivity index is 2.08. The number of aryl methyl sites for hydroxylation is 1. The van der Waals surface area contributed by atoms with Gasteiger partial charge in [0.25, 0.3) is 5.91 Å². The van der Waals surface area contributed by atoms with Crippen LogP contribution < -0.4 is 4.90 Å². The zero-order valence-electron chi connectivity index (χ0n) is 14.2. The Morgan fingerprint density at radius 3 is 2.67 bits per heavy atom. The number of hydrogen-bond acceptors (Lipinski definition) is 4. The van der Waals surface area contributed by atoms with Crippen LogP contribution in [0.3, 0.4) is 0 Å². The number of halogens is 3. The molecule has 0 aliphatic rings. The molecular formula is C19H15F3N2O3. The summed E-state index contributed by atoms with van der Waals surface area (Å²) in [6, 6.07) is 11.0. The van der Waals surface area contributed by atoms with E-state index in [1.807, 2.05) is 0 Å². The van der Waals surface area contributed by atoms with Gasteiger partial charge in [-0.2, -0.15) is 13.2 Å². The zero-order valence-corrected chi connectivity index (χ0v) is 14.2. The van der Waals surface area contributed by atoms with E-state index in [9.17, 15) is 18.0 Å².